The number of nitrogens with zero attached hydrogens (tertiary/aromatic N) is 1. The van der Waals surface area contributed by atoms with Crippen molar-refractivity contribution in [2.45, 2.75) is 115 Å². The highest BCUT2D eigenvalue weighted by Crippen LogP contribution is 2.50. The van der Waals surface area contributed by atoms with Crippen molar-refractivity contribution >= 4 is 13.4 Å². The van der Waals surface area contributed by atoms with E-state index in [0.29, 0.717) is 6.42 Å². The molecule has 6 nitrogen and oxygen atoms in total. The van der Waals surface area contributed by atoms with Crippen LogP contribution in [0.3, 0.4) is 0 Å². The van der Waals surface area contributed by atoms with Crippen LogP contribution in [0.1, 0.15) is 110 Å². The molecule has 7 heteroatoms. The number of rotatable bonds is 20. The lowest BCUT2D eigenvalue weighted by Gasteiger charge is -2.34. The van der Waals surface area contributed by atoms with E-state index in [1.54, 1.807) is 21.1 Å². The van der Waals surface area contributed by atoms with E-state index in [0.717, 1.165) is 19.3 Å². The molecular formula is C23H49NO5P+. The van der Waals surface area contributed by atoms with Gasteiger partial charge in [-0.2, -0.15) is 0 Å². The minimum Gasteiger partial charge on any atom is -0.367 e. The molecule has 0 aliphatic rings. The second-order valence-corrected chi connectivity index (χ2v) is 11.8. The van der Waals surface area contributed by atoms with Crippen molar-refractivity contribution in [3.05, 3.63) is 0 Å². The number of aliphatic hydroxyl groups is 1. The Labute approximate surface area is 185 Å². The van der Waals surface area contributed by atoms with E-state index in [2.05, 4.69) is 6.92 Å². The van der Waals surface area contributed by atoms with Gasteiger partial charge in [0.25, 0.3) is 5.34 Å². The second-order valence-electron chi connectivity index (χ2n) is 9.93. The maximum Gasteiger partial charge on any atom is 0.370 e. The maximum absolute atomic E-state index is 12.4. The molecule has 3 N–H and O–H groups in total. The quantitative estimate of drug-likeness (QED) is 0.131. The number of likely N-dealkylation sites (N-methyl/N-ethyl adjacent to an activating group) is 1. The first-order valence-electron chi connectivity index (χ1n) is 12.1. The number of carbonyl (C=O) groups is 1. The minimum absolute atomic E-state index is 0.0138. The van der Waals surface area contributed by atoms with E-state index >= 15 is 0 Å². The molecule has 0 aliphatic carbocycles. The van der Waals surface area contributed by atoms with Gasteiger partial charge in [-0.05, 0) is 6.42 Å². The topological polar surface area (TPSA) is 94.8 Å². The lowest BCUT2D eigenvalue weighted by Crippen LogP contribution is -2.53. The average Bonchev–Trinajstić information content (AvgIpc) is 2.62. The molecule has 1 unspecified atom stereocenters. The van der Waals surface area contributed by atoms with Crippen molar-refractivity contribution in [2.24, 2.45) is 0 Å². The van der Waals surface area contributed by atoms with Crippen LogP contribution in [0.2, 0.25) is 0 Å². The van der Waals surface area contributed by atoms with Crippen LogP contribution in [0.25, 0.3) is 0 Å². The zero-order valence-electron chi connectivity index (χ0n) is 20.1. The zero-order valence-corrected chi connectivity index (χ0v) is 21.0. The molecule has 0 heterocycles. The molecule has 0 aromatic heterocycles. The van der Waals surface area contributed by atoms with Gasteiger partial charge >= 0.3 is 7.60 Å². The molecule has 0 aliphatic heterocycles. The third kappa shape index (κ3) is 13.9. The Bertz CT molecular complexity index is 500. The first-order chi connectivity index (χ1) is 13.9. The molecule has 0 rings (SSSR count). The molecule has 0 amide bonds. The third-order valence-electron chi connectivity index (χ3n) is 5.63. The number of ketones is 1. The summed E-state index contributed by atoms with van der Waals surface area (Å²) in [5.41, 5.74) is 0. The lowest BCUT2D eigenvalue weighted by atomic mass is 10.0. The summed E-state index contributed by atoms with van der Waals surface area (Å²) in [6, 6.07) is 0. The van der Waals surface area contributed by atoms with Crippen LogP contribution in [0.4, 0.5) is 0 Å². The van der Waals surface area contributed by atoms with Crippen LogP contribution in [0.15, 0.2) is 0 Å². The van der Waals surface area contributed by atoms with Crippen LogP contribution in [-0.2, 0) is 9.36 Å². The van der Waals surface area contributed by atoms with Crippen molar-refractivity contribution in [1.82, 2.24) is 0 Å². The Kier molecular flexibility index (Phi) is 15.4. The van der Waals surface area contributed by atoms with E-state index in [9.17, 15) is 24.3 Å². The van der Waals surface area contributed by atoms with Crippen LogP contribution < -0.4 is 0 Å². The first kappa shape index (κ1) is 29.7. The summed E-state index contributed by atoms with van der Waals surface area (Å²) in [6.45, 7) is 1.95. The molecule has 0 spiro atoms. The molecule has 0 bridgehead atoms. The van der Waals surface area contributed by atoms with Gasteiger partial charge in [0.15, 0.2) is 5.78 Å². The van der Waals surface area contributed by atoms with E-state index in [1.807, 2.05) is 0 Å². The van der Waals surface area contributed by atoms with Crippen LogP contribution in [0.5, 0.6) is 0 Å². The summed E-state index contributed by atoms with van der Waals surface area (Å²) in [7, 11) is 0.148. The SMILES string of the molecule is CCCCCCCCCCCCCCCCCC(=O)C(O)(C[N+](C)(C)C)P(=O)(O)O. The number of carbonyl (C=O) groups excluding carboxylic acids is 1. The molecule has 30 heavy (non-hydrogen) atoms. The van der Waals surface area contributed by atoms with Crippen molar-refractivity contribution in [3.63, 3.8) is 0 Å². The summed E-state index contributed by atoms with van der Waals surface area (Å²) < 4.78 is 11.8. The van der Waals surface area contributed by atoms with Crippen LogP contribution in [0, 0.1) is 0 Å². The molecule has 0 aromatic carbocycles. The highest BCUT2D eigenvalue weighted by atomic mass is 31.2. The smallest absolute Gasteiger partial charge is 0.367 e. The molecular weight excluding hydrogens is 401 g/mol. The van der Waals surface area contributed by atoms with E-state index in [1.165, 1.54) is 70.6 Å². The van der Waals surface area contributed by atoms with Gasteiger partial charge in [0, 0.05) is 6.42 Å². The fourth-order valence-corrected chi connectivity index (χ4v) is 4.91. The van der Waals surface area contributed by atoms with Gasteiger partial charge in [-0.3, -0.25) is 9.36 Å². The summed E-state index contributed by atoms with van der Waals surface area (Å²) >= 11 is 0. The van der Waals surface area contributed by atoms with Crippen molar-refractivity contribution in [2.75, 3.05) is 27.7 Å². The molecule has 180 valence electrons. The largest absolute Gasteiger partial charge is 0.370 e. The molecule has 0 fully saturated rings. The first-order valence-corrected chi connectivity index (χ1v) is 13.7. The zero-order chi connectivity index (χ0) is 23.1. The fraction of sp³-hybridized carbons (Fsp3) is 0.957. The summed E-state index contributed by atoms with van der Waals surface area (Å²) in [5.74, 6) is -0.737. The molecule has 0 radical (unpaired) electrons. The van der Waals surface area contributed by atoms with Gasteiger partial charge in [-0.15, -0.1) is 0 Å². The molecule has 0 saturated heterocycles. The lowest BCUT2D eigenvalue weighted by molar-refractivity contribution is -0.874. The van der Waals surface area contributed by atoms with Gasteiger partial charge in [0.1, 0.15) is 6.54 Å². The summed E-state index contributed by atoms with van der Waals surface area (Å²) in [6.07, 6.45) is 18.2. The summed E-state index contributed by atoms with van der Waals surface area (Å²) in [5, 5.41) is 7.86. The Balaban J connectivity index is 3.80. The third-order valence-corrected chi connectivity index (χ3v) is 6.99. The number of unbranched alkanes of at least 4 members (excludes halogenated alkanes) is 14. The standard InChI is InChI=1S/C23H48NO5P/c1-5-6-7-8-9-10-11-12-13-14-15-16-17-18-19-20-22(25)23(26,30(27,28)29)21-24(2,3)4/h26H,5-21H2,1-4H3,(H-,27,28,29)/p+1. The minimum atomic E-state index is -4.94. The highest BCUT2D eigenvalue weighted by Gasteiger charge is 2.55. The Hall–Kier alpha value is -0.260. The second kappa shape index (κ2) is 15.5. The Morgan fingerprint density at radius 1 is 0.733 bits per heavy atom. The van der Waals surface area contributed by atoms with E-state index in [4.69, 9.17) is 0 Å². The fourth-order valence-electron chi connectivity index (χ4n) is 3.86. The molecule has 0 saturated carbocycles. The molecule has 1 atom stereocenters. The highest BCUT2D eigenvalue weighted by molar-refractivity contribution is 7.54. The number of hydrogen-bond acceptors (Lipinski definition) is 3. The normalized spacial score (nSPS) is 14.6. The van der Waals surface area contributed by atoms with Crippen LogP contribution >= 0.6 is 7.60 Å². The van der Waals surface area contributed by atoms with Crippen molar-refractivity contribution < 1.29 is 28.7 Å². The van der Waals surface area contributed by atoms with E-state index in [-0.39, 0.29) is 17.4 Å². The maximum atomic E-state index is 12.4. The van der Waals surface area contributed by atoms with Gasteiger partial charge in [-0.1, -0.05) is 96.8 Å². The van der Waals surface area contributed by atoms with Gasteiger partial charge in [0.05, 0.1) is 21.1 Å². The van der Waals surface area contributed by atoms with Gasteiger partial charge in [0.2, 0.25) is 0 Å². The predicted octanol–water partition coefficient (Wildman–Crippen LogP) is 5.39. The number of quaternary nitrogens is 1. The average molecular weight is 451 g/mol. The van der Waals surface area contributed by atoms with Crippen LogP contribution in [-0.4, -0.2) is 58.2 Å². The number of hydrogen-bond donors (Lipinski definition) is 3. The Morgan fingerprint density at radius 3 is 1.37 bits per heavy atom. The van der Waals surface area contributed by atoms with Gasteiger partial charge < -0.3 is 19.4 Å². The monoisotopic (exact) mass is 450 g/mol. The van der Waals surface area contributed by atoms with Gasteiger partial charge in [-0.25, -0.2) is 0 Å². The Morgan fingerprint density at radius 2 is 1.07 bits per heavy atom. The van der Waals surface area contributed by atoms with Crippen molar-refractivity contribution in [3.8, 4) is 0 Å². The van der Waals surface area contributed by atoms with Crippen molar-refractivity contribution in [1.29, 1.82) is 0 Å². The van der Waals surface area contributed by atoms with E-state index < -0.39 is 18.7 Å². The predicted molar refractivity (Wildman–Crippen MR) is 124 cm³/mol. The summed E-state index contributed by atoms with van der Waals surface area (Å²) in [4.78, 5) is 31.4. The number of Topliss-reactive ketones (excluding diaryl/α,β-unsaturated/α-hetero) is 1. The molecule has 0 aromatic rings.